The van der Waals surface area contributed by atoms with Crippen molar-refractivity contribution in [3.05, 3.63) is 30.4 Å². The second-order valence-corrected chi connectivity index (χ2v) is 5.56. The van der Waals surface area contributed by atoms with E-state index < -0.39 is 0 Å². The van der Waals surface area contributed by atoms with Gasteiger partial charge in [0, 0.05) is 39.5 Å². The molecule has 3 rings (SSSR count). The molecule has 1 fully saturated rings. The summed E-state index contributed by atoms with van der Waals surface area (Å²) < 4.78 is 1.79. The summed E-state index contributed by atoms with van der Waals surface area (Å²) in [6.07, 6.45) is 7.23. The molecule has 0 spiro atoms. The summed E-state index contributed by atoms with van der Waals surface area (Å²) in [4.78, 5) is 22.3. The Bertz CT molecular complexity index is 651. The van der Waals surface area contributed by atoms with Gasteiger partial charge in [-0.25, -0.2) is 4.98 Å². The first kappa shape index (κ1) is 13.7. The molecule has 0 unspecified atom stereocenters. The van der Waals surface area contributed by atoms with Crippen molar-refractivity contribution in [2.45, 2.75) is 19.8 Å². The van der Waals surface area contributed by atoms with Crippen molar-refractivity contribution in [3.8, 4) is 11.4 Å². The van der Waals surface area contributed by atoms with Gasteiger partial charge < -0.3 is 4.90 Å². The zero-order valence-electron chi connectivity index (χ0n) is 12.4. The van der Waals surface area contributed by atoms with Gasteiger partial charge in [0.25, 0.3) is 0 Å². The van der Waals surface area contributed by atoms with Crippen LogP contribution in [-0.4, -0.2) is 43.6 Å². The third-order valence-electron chi connectivity index (χ3n) is 4.00. The van der Waals surface area contributed by atoms with E-state index in [0.717, 1.165) is 43.0 Å². The molecule has 1 atom stereocenters. The SMILES string of the molecule is CC(=O)N1CC[C@@H](Cc2cncc(-c3ccnn3C)n2)C1. The summed E-state index contributed by atoms with van der Waals surface area (Å²) in [5.74, 6) is 0.636. The standard InChI is InChI=1S/C15H19N5O/c1-11(21)20-6-4-12(10-20)7-13-8-16-9-14(18-13)15-3-5-17-19(15)2/h3,5,8-9,12H,4,6-7,10H2,1-2H3/t12-/m0/s1. The maximum absolute atomic E-state index is 11.4. The highest BCUT2D eigenvalue weighted by Gasteiger charge is 2.24. The molecule has 6 heteroatoms. The molecule has 1 aliphatic heterocycles. The van der Waals surface area contributed by atoms with Crippen molar-refractivity contribution in [2.24, 2.45) is 13.0 Å². The number of likely N-dealkylation sites (tertiary alicyclic amines) is 1. The summed E-state index contributed by atoms with van der Waals surface area (Å²) in [5.41, 5.74) is 2.78. The summed E-state index contributed by atoms with van der Waals surface area (Å²) in [5, 5.41) is 4.16. The Kier molecular flexibility index (Phi) is 3.68. The summed E-state index contributed by atoms with van der Waals surface area (Å²) in [7, 11) is 1.89. The molecule has 21 heavy (non-hydrogen) atoms. The first-order valence-electron chi connectivity index (χ1n) is 7.18. The summed E-state index contributed by atoms with van der Waals surface area (Å²) in [6.45, 7) is 3.31. The Morgan fingerprint density at radius 1 is 1.43 bits per heavy atom. The molecule has 1 aliphatic rings. The van der Waals surface area contributed by atoms with E-state index in [0.29, 0.717) is 5.92 Å². The van der Waals surface area contributed by atoms with Gasteiger partial charge in [-0.1, -0.05) is 0 Å². The van der Waals surface area contributed by atoms with Crippen LogP contribution in [-0.2, 0) is 18.3 Å². The number of nitrogens with zero attached hydrogens (tertiary/aromatic N) is 5. The molecule has 110 valence electrons. The molecule has 0 aromatic carbocycles. The van der Waals surface area contributed by atoms with Crippen LogP contribution in [0.2, 0.25) is 0 Å². The molecule has 0 radical (unpaired) electrons. The average Bonchev–Trinajstić information content (AvgIpc) is 3.08. The molecule has 0 bridgehead atoms. The molecule has 6 nitrogen and oxygen atoms in total. The van der Waals surface area contributed by atoms with E-state index in [1.54, 1.807) is 24.0 Å². The van der Waals surface area contributed by atoms with Crippen LogP contribution >= 0.6 is 0 Å². The largest absolute Gasteiger partial charge is 0.343 e. The highest BCUT2D eigenvalue weighted by molar-refractivity contribution is 5.73. The van der Waals surface area contributed by atoms with Gasteiger partial charge in [0.15, 0.2) is 0 Å². The van der Waals surface area contributed by atoms with Crippen molar-refractivity contribution in [3.63, 3.8) is 0 Å². The number of hydrogen-bond acceptors (Lipinski definition) is 4. The average molecular weight is 285 g/mol. The molecule has 2 aromatic rings. The predicted molar refractivity (Wildman–Crippen MR) is 78.3 cm³/mol. The van der Waals surface area contributed by atoms with Gasteiger partial charge >= 0.3 is 0 Å². The fourth-order valence-corrected chi connectivity index (χ4v) is 2.83. The van der Waals surface area contributed by atoms with Crippen LogP contribution in [0, 0.1) is 5.92 Å². The number of aromatic nitrogens is 4. The van der Waals surface area contributed by atoms with Gasteiger partial charge in [0.05, 0.1) is 17.6 Å². The van der Waals surface area contributed by atoms with Crippen LogP contribution in [0.3, 0.4) is 0 Å². The van der Waals surface area contributed by atoms with E-state index in [2.05, 4.69) is 15.1 Å². The van der Waals surface area contributed by atoms with Crippen molar-refractivity contribution < 1.29 is 4.79 Å². The highest BCUT2D eigenvalue weighted by atomic mass is 16.2. The van der Waals surface area contributed by atoms with Gasteiger partial charge in [-0.15, -0.1) is 0 Å². The monoisotopic (exact) mass is 285 g/mol. The van der Waals surface area contributed by atoms with Gasteiger partial charge in [-0.05, 0) is 24.8 Å². The minimum atomic E-state index is 0.159. The molecule has 1 saturated heterocycles. The zero-order valence-corrected chi connectivity index (χ0v) is 12.4. The van der Waals surface area contributed by atoms with E-state index in [4.69, 9.17) is 0 Å². The number of amides is 1. The Morgan fingerprint density at radius 2 is 2.29 bits per heavy atom. The minimum Gasteiger partial charge on any atom is -0.343 e. The van der Waals surface area contributed by atoms with Crippen LogP contribution in [0.25, 0.3) is 11.4 Å². The van der Waals surface area contributed by atoms with E-state index in [-0.39, 0.29) is 5.91 Å². The number of aryl methyl sites for hydroxylation is 1. The fraction of sp³-hybridized carbons (Fsp3) is 0.467. The van der Waals surface area contributed by atoms with Crippen LogP contribution in [0.1, 0.15) is 19.0 Å². The van der Waals surface area contributed by atoms with Crippen molar-refractivity contribution >= 4 is 5.91 Å². The van der Waals surface area contributed by atoms with Gasteiger partial charge in [-0.3, -0.25) is 14.5 Å². The third-order valence-corrected chi connectivity index (χ3v) is 4.00. The molecular formula is C15H19N5O. The van der Waals surface area contributed by atoms with Crippen LogP contribution in [0.4, 0.5) is 0 Å². The van der Waals surface area contributed by atoms with E-state index >= 15 is 0 Å². The lowest BCUT2D eigenvalue weighted by molar-refractivity contribution is -0.127. The fourth-order valence-electron chi connectivity index (χ4n) is 2.83. The summed E-state index contributed by atoms with van der Waals surface area (Å²) >= 11 is 0. The topological polar surface area (TPSA) is 63.9 Å². The van der Waals surface area contributed by atoms with Crippen LogP contribution in [0.15, 0.2) is 24.7 Å². The maximum atomic E-state index is 11.4. The Hall–Kier alpha value is -2.24. The second-order valence-electron chi connectivity index (χ2n) is 5.56. The van der Waals surface area contributed by atoms with Crippen molar-refractivity contribution in [1.82, 2.24) is 24.6 Å². The molecule has 0 N–H and O–H groups in total. The number of hydrogen-bond donors (Lipinski definition) is 0. The van der Waals surface area contributed by atoms with Gasteiger partial charge in [0.2, 0.25) is 5.91 Å². The molecular weight excluding hydrogens is 266 g/mol. The van der Waals surface area contributed by atoms with Crippen LogP contribution < -0.4 is 0 Å². The summed E-state index contributed by atoms with van der Waals surface area (Å²) in [6, 6.07) is 1.93. The first-order valence-corrected chi connectivity index (χ1v) is 7.18. The lowest BCUT2D eigenvalue weighted by Crippen LogP contribution is -2.26. The lowest BCUT2D eigenvalue weighted by atomic mass is 10.0. The lowest BCUT2D eigenvalue weighted by Gasteiger charge is -2.13. The number of carbonyl (C=O) groups is 1. The van der Waals surface area contributed by atoms with Crippen molar-refractivity contribution in [2.75, 3.05) is 13.1 Å². The predicted octanol–water partition coefficient (Wildman–Crippen LogP) is 1.29. The normalized spacial score (nSPS) is 18.2. The maximum Gasteiger partial charge on any atom is 0.219 e. The minimum absolute atomic E-state index is 0.159. The number of carbonyl (C=O) groups excluding carboxylic acids is 1. The molecule has 0 saturated carbocycles. The molecule has 1 amide bonds. The first-order chi connectivity index (χ1) is 10.1. The third kappa shape index (κ3) is 2.94. The zero-order chi connectivity index (χ0) is 14.8. The Labute approximate surface area is 123 Å². The molecule has 0 aliphatic carbocycles. The van der Waals surface area contributed by atoms with Crippen LogP contribution in [0.5, 0.6) is 0 Å². The quantitative estimate of drug-likeness (QED) is 0.852. The molecule has 3 heterocycles. The van der Waals surface area contributed by atoms with Gasteiger partial charge in [-0.2, -0.15) is 5.10 Å². The highest BCUT2D eigenvalue weighted by Crippen LogP contribution is 2.21. The van der Waals surface area contributed by atoms with E-state index in [9.17, 15) is 4.79 Å². The van der Waals surface area contributed by atoms with E-state index in [1.165, 1.54) is 0 Å². The van der Waals surface area contributed by atoms with Gasteiger partial charge in [0.1, 0.15) is 5.69 Å². The molecule has 2 aromatic heterocycles. The second kappa shape index (κ2) is 5.63. The Balaban J connectivity index is 1.73. The smallest absolute Gasteiger partial charge is 0.219 e. The number of rotatable bonds is 3. The van der Waals surface area contributed by atoms with E-state index in [1.807, 2.05) is 24.2 Å². The van der Waals surface area contributed by atoms with Crippen molar-refractivity contribution in [1.29, 1.82) is 0 Å². The Morgan fingerprint density at radius 3 is 2.95 bits per heavy atom.